The second kappa shape index (κ2) is 3.46. The van der Waals surface area contributed by atoms with Crippen molar-refractivity contribution in [3.8, 4) is 0 Å². The monoisotopic (exact) mass is 238 g/mol. The normalized spacial score (nSPS) is 22.9. The van der Waals surface area contributed by atoms with Crippen molar-refractivity contribution < 1.29 is 40.6 Å². The molecular weight excluding hydrogens is 234 g/mol. The zero-order valence-electron chi connectivity index (χ0n) is 6.85. The Kier molecular flexibility index (Phi) is 2.75. The second-order valence-electron chi connectivity index (χ2n) is 2.71. The van der Waals surface area contributed by atoms with Crippen LogP contribution in [0.4, 0.5) is 31.1 Å². The average molecular weight is 238 g/mol. The van der Waals surface area contributed by atoms with Crippen LogP contribution in [0.5, 0.6) is 0 Å². The molecule has 0 amide bonds. The van der Waals surface area contributed by atoms with E-state index in [-0.39, 0.29) is 0 Å². The van der Waals surface area contributed by atoms with Crippen molar-refractivity contribution >= 4 is 6.16 Å². The first kappa shape index (κ1) is 11.9. The Labute approximate surface area is 78.9 Å². The molecular formula is C6H4F6O3. The molecule has 1 fully saturated rings. The Morgan fingerprint density at radius 2 is 1.80 bits per heavy atom. The predicted molar refractivity (Wildman–Crippen MR) is 32.1 cm³/mol. The molecule has 88 valence electrons. The van der Waals surface area contributed by atoms with Gasteiger partial charge < -0.3 is 9.47 Å². The number of halogens is 6. The molecule has 0 aliphatic carbocycles. The third-order valence-corrected chi connectivity index (χ3v) is 1.71. The maximum absolute atomic E-state index is 12.7. The van der Waals surface area contributed by atoms with E-state index in [9.17, 15) is 31.1 Å². The first-order valence-corrected chi connectivity index (χ1v) is 3.56. The molecule has 0 spiro atoms. The highest BCUT2D eigenvalue weighted by molar-refractivity contribution is 5.62. The predicted octanol–water partition coefficient (Wildman–Crippen LogP) is 2.06. The van der Waals surface area contributed by atoms with Crippen LogP contribution in [0.1, 0.15) is 0 Å². The maximum atomic E-state index is 12.7. The van der Waals surface area contributed by atoms with E-state index in [1.807, 2.05) is 0 Å². The Hall–Kier alpha value is -1.15. The van der Waals surface area contributed by atoms with E-state index in [1.54, 1.807) is 0 Å². The highest BCUT2D eigenvalue weighted by atomic mass is 19.3. The summed E-state index contributed by atoms with van der Waals surface area (Å²) < 4.78 is 80.9. The number of rotatable bonds is 3. The van der Waals surface area contributed by atoms with Crippen LogP contribution < -0.4 is 0 Å². The standard InChI is InChI=1S/C6H4F6O3/c7-3(8)6(11,12)5(9,10)2-1-14-4(13)15-2/h2-3H,1H2. The second-order valence-corrected chi connectivity index (χ2v) is 2.71. The Bertz CT molecular complexity index is 266. The molecule has 1 heterocycles. The van der Waals surface area contributed by atoms with Gasteiger partial charge in [0, 0.05) is 0 Å². The quantitative estimate of drug-likeness (QED) is 0.557. The van der Waals surface area contributed by atoms with Gasteiger partial charge in [-0.2, -0.15) is 17.6 Å². The maximum Gasteiger partial charge on any atom is 0.509 e. The lowest BCUT2D eigenvalue weighted by atomic mass is 10.1. The molecule has 0 aromatic carbocycles. The Morgan fingerprint density at radius 1 is 1.27 bits per heavy atom. The third-order valence-electron chi connectivity index (χ3n) is 1.71. The Morgan fingerprint density at radius 3 is 2.13 bits per heavy atom. The summed E-state index contributed by atoms with van der Waals surface area (Å²) in [6.45, 7) is -1.19. The fourth-order valence-electron chi connectivity index (χ4n) is 0.867. The summed E-state index contributed by atoms with van der Waals surface area (Å²) in [5, 5.41) is 0. The highest BCUT2D eigenvalue weighted by Gasteiger charge is 2.69. The van der Waals surface area contributed by atoms with Crippen molar-refractivity contribution in [2.75, 3.05) is 6.61 Å². The smallest absolute Gasteiger partial charge is 0.430 e. The molecule has 0 bridgehead atoms. The van der Waals surface area contributed by atoms with Gasteiger partial charge in [0.1, 0.15) is 6.61 Å². The molecule has 1 saturated heterocycles. The number of hydrogen-bond acceptors (Lipinski definition) is 3. The molecule has 1 atom stereocenters. The summed E-state index contributed by atoms with van der Waals surface area (Å²) in [4.78, 5) is 10.2. The number of ether oxygens (including phenoxy) is 2. The molecule has 1 unspecified atom stereocenters. The van der Waals surface area contributed by atoms with Gasteiger partial charge in [0.15, 0.2) is 0 Å². The van der Waals surface area contributed by atoms with Crippen molar-refractivity contribution in [1.29, 1.82) is 0 Å². The van der Waals surface area contributed by atoms with Crippen LogP contribution in [0.3, 0.4) is 0 Å². The number of carbonyl (C=O) groups is 1. The van der Waals surface area contributed by atoms with Crippen LogP contribution in [-0.4, -0.2) is 37.1 Å². The van der Waals surface area contributed by atoms with Gasteiger partial charge in [-0.05, 0) is 0 Å². The fraction of sp³-hybridized carbons (Fsp3) is 0.833. The van der Waals surface area contributed by atoms with Crippen molar-refractivity contribution in [1.82, 2.24) is 0 Å². The largest absolute Gasteiger partial charge is 0.509 e. The van der Waals surface area contributed by atoms with Gasteiger partial charge in [-0.1, -0.05) is 0 Å². The minimum atomic E-state index is -5.58. The summed E-state index contributed by atoms with van der Waals surface area (Å²) in [7, 11) is 0. The zero-order chi connectivity index (χ0) is 11.9. The lowest BCUT2D eigenvalue weighted by Crippen LogP contribution is -2.54. The summed E-state index contributed by atoms with van der Waals surface area (Å²) in [6.07, 6.45) is -8.86. The minimum Gasteiger partial charge on any atom is -0.430 e. The number of cyclic esters (lactones) is 2. The van der Waals surface area contributed by atoms with E-state index in [4.69, 9.17) is 0 Å². The fourth-order valence-corrected chi connectivity index (χ4v) is 0.867. The van der Waals surface area contributed by atoms with Crippen LogP contribution in [0.25, 0.3) is 0 Å². The first-order valence-electron chi connectivity index (χ1n) is 3.56. The van der Waals surface area contributed by atoms with Gasteiger partial charge in [0.05, 0.1) is 0 Å². The average Bonchev–Trinajstić information content (AvgIpc) is 2.51. The van der Waals surface area contributed by atoms with Crippen molar-refractivity contribution in [2.45, 2.75) is 24.4 Å². The molecule has 15 heavy (non-hydrogen) atoms. The molecule has 0 aromatic heterocycles. The van der Waals surface area contributed by atoms with Gasteiger partial charge in [0.2, 0.25) is 6.10 Å². The highest BCUT2D eigenvalue weighted by Crippen LogP contribution is 2.43. The number of hydrogen-bond donors (Lipinski definition) is 0. The zero-order valence-corrected chi connectivity index (χ0v) is 6.85. The van der Waals surface area contributed by atoms with E-state index in [0.717, 1.165) is 0 Å². The van der Waals surface area contributed by atoms with Crippen LogP contribution in [-0.2, 0) is 9.47 Å². The molecule has 1 aliphatic rings. The van der Waals surface area contributed by atoms with Crippen LogP contribution >= 0.6 is 0 Å². The molecule has 0 aromatic rings. The molecule has 1 aliphatic heterocycles. The first-order chi connectivity index (χ1) is 6.69. The van der Waals surface area contributed by atoms with Gasteiger partial charge in [-0.25, -0.2) is 13.6 Å². The molecule has 3 nitrogen and oxygen atoms in total. The number of carbonyl (C=O) groups excluding carboxylic acids is 1. The summed E-state index contributed by atoms with van der Waals surface area (Å²) in [6, 6.07) is 0. The lowest BCUT2D eigenvalue weighted by molar-refractivity contribution is -0.290. The van der Waals surface area contributed by atoms with E-state index in [2.05, 4.69) is 9.47 Å². The molecule has 0 radical (unpaired) electrons. The van der Waals surface area contributed by atoms with E-state index >= 15 is 0 Å². The van der Waals surface area contributed by atoms with Crippen molar-refractivity contribution in [3.05, 3.63) is 0 Å². The minimum absolute atomic E-state index is 1.19. The summed E-state index contributed by atoms with van der Waals surface area (Å²) >= 11 is 0. The van der Waals surface area contributed by atoms with Gasteiger partial charge >= 0.3 is 24.4 Å². The van der Waals surface area contributed by atoms with Gasteiger partial charge in [0.25, 0.3) is 0 Å². The summed E-state index contributed by atoms with van der Waals surface area (Å²) in [5.41, 5.74) is 0. The van der Waals surface area contributed by atoms with Gasteiger partial charge in [-0.3, -0.25) is 0 Å². The molecule has 0 saturated carbocycles. The van der Waals surface area contributed by atoms with Crippen molar-refractivity contribution in [2.24, 2.45) is 0 Å². The molecule has 9 heteroatoms. The van der Waals surface area contributed by atoms with Crippen molar-refractivity contribution in [3.63, 3.8) is 0 Å². The SMILES string of the molecule is O=C1OCC(C(F)(F)C(F)(F)C(F)F)O1. The van der Waals surface area contributed by atoms with E-state index in [1.165, 1.54) is 0 Å². The van der Waals surface area contributed by atoms with Crippen LogP contribution in [0.15, 0.2) is 0 Å². The van der Waals surface area contributed by atoms with E-state index < -0.39 is 37.1 Å². The summed E-state index contributed by atoms with van der Waals surface area (Å²) in [5.74, 6) is -10.8. The van der Waals surface area contributed by atoms with Gasteiger partial charge in [-0.15, -0.1) is 0 Å². The lowest BCUT2D eigenvalue weighted by Gasteiger charge is -2.27. The van der Waals surface area contributed by atoms with Crippen LogP contribution in [0.2, 0.25) is 0 Å². The van der Waals surface area contributed by atoms with E-state index in [0.29, 0.717) is 0 Å². The molecule has 0 N–H and O–H groups in total. The third kappa shape index (κ3) is 1.82. The number of alkyl halides is 6. The Balaban J connectivity index is 2.86. The molecule has 1 rings (SSSR count). The van der Waals surface area contributed by atoms with Crippen LogP contribution in [0, 0.1) is 0 Å². The topological polar surface area (TPSA) is 35.5 Å².